The van der Waals surface area contributed by atoms with Crippen LogP contribution in [0, 0.1) is 18.3 Å². The van der Waals surface area contributed by atoms with Gasteiger partial charge in [-0.3, -0.25) is 9.80 Å². The molecule has 2 saturated heterocycles. The molecule has 2 aliphatic rings. The molecule has 5 heterocycles. The minimum atomic E-state index is -4.29. The molecule has 2 atom stereocenters. The van der Waals surface area contributed by atoms with E-state index in [0.29, 0.717) is 54.5 Å². The Bertz CT molecular complexity index is 1820. The number of rotatable bonds is 10. The lowest BCUT2D eigenvalue weighted by molar-refractivity contribution is -0.126. The molecule has 258 valence electrons. The molecule has 1 aromatic carbocycles. The van der Waals surface area contributed by atoms with Crippen LogP contribution in [0.15, 0.2) is 30.6 Å². The Morgan fingerprint density at radius 1 is 1.08 bits per heavy atom. The predicted octanol–water partition coefficient (Wildman–Crippen LogP) is 5.55. The number of thiophene rings is 1. The number of aryl methyl sites for hydroxylation is 1. The number of likely N-dealkylation sites (tertiary alicyclic amines) is 1. The summed E-state index contributed by atoms with van der Waals surface area (Å²) in [5, 5.41) is 14.9. The summed E-state index contributed by atoms with van der Waals surface area (Å²) in [5.41, 5.74) is 3.19. The third-order valence-corrected chi connectivity index (χ3v) is 11.6. The van der Waals surface area contributed by atoms with E-state index in [9.17, 15) is 31.4 Å². The Balaban J connectivity index is 1.11. The third kappa shape index (κ3) is 7.65. The maximum absolute atomic E-state index is 14.4. The molecule has 0 aliphatic carbocycles. The molecule has 9 nitrogen and oxygen atoms in total. The highest BCUT2D eigenvalue weighted by Gasteiger charge is 2.33. The van der Waals surface area contributed by atoms with Gasteiger partial charge < -0.3 is 9.88 Å². The van der Waals surface area contributed by atoms with E-state index >= 15 is 0 Å². The van der Waals surface area contributed by atoms with Crippen molar-refractivity contribution in [3.8, 4) is 6.07 Å². The van der Waals surface area contributed by atoms with E-state index in [4.69, 9.17) is 0 Å². The zero-order chi connectivity index (χ0) is 34.2. The quantitative estimate of drug-likeness (QED) is 0.216. The summed E-state index contributed by atoms with van der Waals surface area (Å²) in [5.74, 6) is 0.552. The highest BCUT2D eigenvalue weighted by Crippen LogP contribution is 2.34. The zero-order valence-corrected chi connectivity index (χ0v) is 28.3. The number of nitrogens with zero attached hydrogens (tertiary/aromatic N) is 7. The molecule has 0 amide bonds. The van der Waals surface area contributed by atoms with Gasteiger partial charge in [-0.05, 0) is 49.1 Å². The lowest BCUT2D eigenvalue weighted by Gasteiger charge is -2.38. The lowest BCUT2D eigenvalue weighted by atomic mass is 10.0. The highest BCUT2D eigenvalue weighted by molar-refractivity contribution is 7.81. The van der Waals surface area contributed by atoms with Crippen LogP contribution in [0.1, 0.15) is 34.5 Å². The molecule has 0 spiro atoms. The summed E-state index contributed by atoms with van der Waals surface area (Å²) < 4.78 is 82.9. The molecule has 6 rings (SSSR count). The topological polar surface area (TPSA) is 93.3 Å². The molecule has 0 radical (unpaired) electrons. The second-order valence-electron chi connectivity index (χ2n) is 12.5. The normalized spacial score (nSPS) is 18.9. The molecular formula is C32H37F5N8OS2. The molecule has 3 aromatic heterocycles. The molecule has 1 N–H and O–H groups in total. The number of fused-ring (bicyclic) bond motifs is 2. The number of hydrogen-bond donors (Lipinski definition) is 1. The number of piperazine rings is 1. The fraction of sp³-hybridized carbons (Fsp3) is 0.531. The number of aromatic nitrogens is 3. The van der Waals surface area contributed by atoms with E-state index in [2.05, 4.69) is 26.3 Å². The van der Waals surface area contributed by atoms with Gasteiger partial charge in [0.1, 0.15) is 28.7 Å². The van der Waals surface area contributed by atoms with Gasteiger partial charge in [-0.2, -0.15) is 18.4 Å². The monoisotopic (exact) mass is 708 g/mol. The number of alkyl halides is 5. The number of anilines is 1. The number of benzene rings is 1. The smallest absolute Gasteiger partial charge is 0.367 e. The van der Waals surface area contributed by atoms with Gasteiger partial charge in [0.05, 0.1) is 28.8 Å². The Hall–Kier alpha value is -3.23. The number of piperidine rings is 1. The van der Waals surface area contributed by atoms with Crippen molar-refractivity contribution in [3.63, 3.8) is 0 Å². The van der Waals surface area contributed by atoms with Crippen molar-refractivity contribution < 1.29 is 26.2 Å². The molecule has 0 bridgehead atoms. The van der Waals surface area contributed by atoms with Gasteiger partial charge in [-0.25, -0.2) is 27.3 Å². The van der Waals surface area contributed by atoms with Crippen molar-refractivity contribution in [2.45, 2.75) is 64.0 Å². The summed E-state index contributed by atoms with van der Waals surface area (Å²) in [6, 6.07) is 8.49. The van der Waals surface area contributed by atoms with Crippen LogP contribution in [0.5, 0.6) is 0 Å². The first-order valence-corrected chi connectivity index (χ1v) is 18.1. The van der Waals surface area contributed by atoms with Crippen molar-refractivity contribution in [2.24, 2.45) is 0 Å². The van der Waals surface area contributed by atoms with Gasteiger partial charge in [-0.1, -0.05) is 6.07 Å². The first-order valence-electron chi connectivity index (χ1n) is 15.8. The summed E-state index contributed by atoms with van der Waals surface area (Å²) in [4.78, 5) is 13.3. The Morgan fingerprint density at radius 3 is 2.46 bits per heavy atom. The van der Waals surface area contributed by atoms with Gasteiger partial charge in [-0.15, -0.1) is 11.3 Å². The summed E-state index contributed by atoms with van der Waals surface area (Å²) >= 11 is 1.03. The minimum absolute atomic E-state index is 0.0216. The highest BCUT2D eigenvalue weighted by atomic mass is 32.2. The molecule has 2 fully saturated rings. The van der Waals surface area contributed by atoms with E-state index in [0.717, 1.165) is 59.3 Å². The van der Waals surface area contributed by atoms with Crippen LogP contribution in [0.25, 0.3) is 21.1 Å². The standard InChI is InChI=1S/C32H37F5N8OS2/c1-20-21(17-42-7-5-22(6-8-42)41-30-26-14-24(15-32(35,36)37)47-31(26)40-19-39-30)3-4-27-25(20)13-23(16-38)45(27)18-28(29(33)34)43-9-11-44(12-10-43)48(2)46/h3-4,13-14,19,22,28-29H,5-12,15,17-18H2,1-2H3,(H,39,40,41). The fourth-order valence-electron chi connectivity index (χ4n) is 6.79. The van der Waals surface area contributed by atoms with Gasteiger partial charge in [0.25, 0.3) is 6.43 Å². The average molecular weight is 709 g/mol. The van der Waals surface area contributed by atoms with Gasteiger partial charge in [0.15, 0.2) is 0 Å². The van der Waals surface area contributed by atoms with Gasteiger partial charge in [0, 0.05) is 80.4 Å². The largest absolute Gasteiger partial charge is 0.393 e. The number of nitriles is 1. The lowest BCUT2D eigenvalue weighted by Crippen LogP contribution is -2.53. The number of nitrogens with one attached hydrogen (secondary N) is 1. The van der Waals surface area contributed by atoms with E-state index in [1.165, 1.54) is 12.4 Å². The Morgan fingerprint density at radius 2 is 1.81 bits per heavy atom. The predicted molar refractivity (Wildman–Crippen MR) is 177 cm³/mol. The SMILES string of the molecule is Cc1c(CN2CCC(Nc3ncnc4sc(CC(F)(F)F)cc34)CC2)ccc2c1cc(C#N)n2CC(C(F)F)N1CCN(S(C)=O)CC1. The number of halogens is 5. The third-order valence-electron chi connectivity index (χ3n) is 9.43. The first-order chi connectivity index (χ1) is 22.9. The van der Waals surface area contributed by atoms with Crippen molar-refractivity contribution in [1.82, 2.24) is 28.6 Å². The minimum Gasteiger partial charge on any atom is -0.367 e. The summed E-state index contributed by atoms with van der Waals surface area (Å²) in [7, 11) is -1.14. The van der Waals surface area contributed by atoms with Gasteiger partial charge >= 0.3 is 6.18 Å². The van der Waals surface area contributed by atoms with E-state index in [1.807, 2.05) is 19.1 Å². The first kappa shape index (κ1) is 34.6. The summed E-state index contributed by atoms with van der Waals surface area (Å²) in [6.07, 6.45) is -3.28. The molecule has 16 heteroatoms. The van der Waals surface area contributed by atoms with Crippen molar-refractivity contribution in [3.05, 3.63) is 52.3 Å². The second-order valence-corrected chi connectivity index (χ2v) is 14.9. The zero-order valence-electron chi connectivity index (χ0n) is 26.6. The molecule has 2 aliphatic heterocycles. The maximum atomic E-state index is 14.4. The van der Waals surface area contributed by atoms with E-state index in [1.54, 1.807) is 26.1 Å². The number of hydrogen-bond acceptors (Lipinski definition) is 8. The average Bonchev–Trinajstić information content (AvgIpc) is 3.62. The molecule has 0 saturated carbocycles. The Kier molecular flexibility index (Phi) is 10.3. The molecule has 48 heavy (non-hydrogen) atoms. The van der Waals surface area contributed by atoms with Gasteiger partial charge in [0.2, 0.25) is 0 Å². The maximum Gasteiger partial charge on any atom is 0.393 e. The summed E-state index contributed by atoms with van der Waals surface area (Å²) in [6.45, 7) is 5.92. The van der Waals surface area contributed by atoms with Crippen molar-refractivity contribution in [2.75, 3.05) is 50.8 Å². The van der Waals surface area contributed by atoms with Crippen molar-refractivity contribution in [1.29, 1.82) is 5.26 Å². The fourth-order valence-corrected chi connectivity index (χ4v) is 8.49. The van der Waals surface area contributed by atoms with Crippen LogP contribution in [-0.4, -0.2) is 103 Å². The Labute approximate surface area is 281 Å². The van der Waals surface area contributed by atoms with Crippen LogP contribution < -0.4 is 5.32 Å². The molecule has 4 aromatic rings. The van der Waals surface area contributed by atoms with E-state index < -0.39 is 36.1 Å². The molecular weight excluding hydrogens is 672 g/mol. The molecule has 2 unspecified atom stereocenters. The van der Waals surface area contributed by atoms with Crippen LogP contribution in [-0.2, 0) is 30.5 Å². The van der Waals surface area contributed by atoms with Crippen molar-refractivity contribution >= 4 is 49.3 Å². The van der Waals surface area contributed by atoms with Crippen LogP contribution in [0.3, 0.4) is 0 Å². The van der Waals surface area contributed by atoms with E-state index in [-0.39, 0.29) is 17.5 Å². The van der Waals surface area contributed by atoms with Crippen LogP contribution in [0.2, 0.25) is 0 Å². The van der Waals surface area contributed by atoms with Crippen LogP contribution >= 0.6 is 11.3 Å². The second kappa shape index (κ2) is 14.3. The van der Waals surface area contributed by atoms with Crippen LogP contribution in [0.4, 0.5) is 27.8 Å².